The third kappa shape index (κ3) is 3.93. The lowest BCUT2D eigenvalue weighted by molar-refractivity contribution is -0.121. The van der Waals surface area contributed by atoms with Crippen LogP contribution in [-0.2, 0) is 17.8 Å². The first kappa shape index (κ1) is 18.1. The van der Waals surface area contributed by atoms with Crippen LogP contribution in [0.1, 0.15) is 56.5 Å². The number of carbonyl (C=O) groups excluding carboxylic acids is 1. The van der Waals surface area contributed by atoms with Crippen molar-refractivity contribution in [3.05, 3.63) is 59.5 Å². The van der Waals surface area contributed by atoms with Crippen LogP contribution in [0.5, 0.6) is 0 Å². The van der Waals surface area contributed by atoms with Gasteiger partial charge in [0.2, 0.25) is 5.91 Å². The highest BCUT2D eigenvalue weighted by atomic mass is 16.1. The topological polar surface area (TPSA) is 59.8 Å². The summed E-state index contributed by atoms with van der Waals surface area (Å²) in [5.41, 5.74) is 4.16. The van der Waals surface area contributed by atoms with Crippen LogP contribution >= 0.6 is 0 Å². The van der Waals surface area contributed by atoms with Gasteiger partial charge in [0.25, 0.3) is 0 Å². The van der Waals surface area contributed by atoms with Gasteiger partial charge in [-0.2, -0.15) is 5.10 Å². The van der Waals surface area contributed by atoms with E-state index in [-0.39, 0.29) is 11.9 Å². The summed E-state index contributed by atoms with van der Waals surface area (Å²) in [6.45, 7) is 9.15. The van der Waals surface area contributed by atoms with Gasteiger partial charge in [0.05, 0.1) is 36.1 Å². The van der Waals surface area contributed by atoms with Gasteiger partial charge in [0, 0.05) is 11.9 Å². The molecule has 5 heteroatoms. The largest absolute Gasteiger partial charge is 0.348 e. The van der Waals surface area contributed by atoms with Crippen molar-refractivity contribution in [3.8, 4) is 0 Å². The minimum absolute atomic E-state index is 0.000877. The molecule has 1 aromatic carbocycles. The number of amides is 1. The summed E-state index contributed by atoms with van der Waals surface area (Å²) in [5.74, 6) is 0.497. The van der Waals surface area contributed by atoms with Gasteiger partial charge in [0.1, 0.15) is 0 Å². The van der Waals surface area contributed by atoms with Crippen molar-refractivity contribution >= 4 is 16.8 Å². The van der Waals surface area contributed by atoms with Crippen molar-refractivity contribution < 1.29 is 4.79 Å². The fourth-order valence-corrected chi connectivity index (χ4v) is 3.05. The van der Waals surface area contributed by atoms with Gasteiger partial charge in [-0.15, -0.1) is 0 Å². The van der Waals surface area contributed by atoms with E-state index in [1.54, 1.807) is 0 Å². The molecule has 1 atom stereocenters. The van der Waals surface area contributed by atoms with Crippen LogP contribution in [0.15, 0.2) is 42.7 Å². The molecule has 0 saturated heterocycles. The summed E-state index contributed by atoms with van der Waals surface area (Å²) in [5, 5.41) is 8.42. The van der Waals surface area contributed by atoms with E-state index in [9.17, 15) is 4.79 Å². The molecule has 136 valence electrons. The number of aromatic nitrogens is 3. The number of fused-ring (bicyclic) bond motifs is 1. The van der Waals surface area contributed by atoms with Crippen LogP contribution in [0, 0.1) is 0 Å². The Morgan fingerprint density at radius 2 is 1.88 bits per heavy atom. The number of pyridine rings is 1. The van der Waals surface area contributed by atoms with Gasteiger partial charge in [-0.1, -0.05) is 38.1 Å². The third-order valence-electron chi connectivity index (χ3n) is 4.68. The summed E-state index contributed by atoms with van der Waals surface area (Å²) in [4.78, 5) is 16.9. The highest BCUT2D eigenvalue weighted by Gasteiger charge is 2.13. The van der Waals surface area contributed by atoms with Gasteiger partial charge in [0.15, 0.2) is 0 Å². The summed E-state index contributed by atoms with van der Waals surface area (Å²) in [6.07, 6.45) is 4.04. The van der Waals surface area contributed by atoms with Crippen molar-refractivity contribution in [1.82, 2.24) is 20.1 Å². The van der Waals surface area contributed by atoms with Gasteiger partial charge in [-0.25, -0.2) is 0 Å². The van der Waals surface area contributed by atoms with E-state index in [4.69, 9.17) is 0 Å². The van der Waals surface area contributed by atoms with Gasteiger partial charge in [-0.3, -0.25) is 14.5 Å². The molecule has 5 nitrogen and oxygen atoms in total. The van der Waals surface area contributed by atoms with Crippen molar-refractivity contribution in [2.75, 3.05) is 0 Å². The molecule has 0 saturated carbocycles. The van der Waals surface area contributed by atoms with Gasteiger partial charge < -0.3 is 5.32 Å². The molecule has 0 bridgehead atoms. The Balaban J connectivity index is 1.65. The van der Waals surface area contributed by atoms with E-state index in [1.165, 1.54) is 5.56 Å². The molecule has 2 heterocycles. The number of hydrogen-bond acceptors (Lipinski definition) is 3. The quantitative estimate of drug-likeness (QED) is 0.731. The summed E-state index contributed by atoms with van der Waals surface area (Å²) >= 11 is 0. The van der Waals surface area contributed by atoms with Crippen LogP contribution in [0.4, 0.5) is 0 Å². The summed E-state index contributed by atoms with van der Waals surface area (Å²) in [7, 11) is 0. The highest BCUT2D eigenvalue weighted by Crippen LogP contribution is 2.18. The molecule has 0 aliphatic heterocycles. The lowest BCUT2D eigenvalue weighted by Gasteiger charge is -2.14. The molecule has 2 aromatic heterocycles. The lowest BCUT2D eigenvalue weighted by Crippen LogP contribution is -2.28. The number of nitrogens with one attached hydrogen (secondary N) is 1. The Labute approximate surface area is 154 Å². The predicted octanol–water partition coefficient (Wildman–Crippen LogP) is 3.99. The molecule has 0 fully saturated rings. The summed E-state index contributed by atoms with van der Waals surface area (Å²) < 4.78 is 1.91. The van der Waals surface area contributed by atoms with E-state index in [1.807, 2.05) is 42.2 Å². The number of benzene rings is 1. The SMILES string of the molecule is CCn1ncc2cc([C@@H](C)NC(=O)Cc3ccc(C(C)C)cc3)ncc21. The minimum Gasteiger partial charge on any atom is -0.348 e. The monoisotopic (exact) mass is 350 g/mol. The zero-order valence-electron chi connectivity index (χ0n) is 15.9. The Morgan fingerprint density at radius 1 is 1.15 bits per heavy atom. The molecule has 0 unspecified atom stereocenters. The Kier molecular flexibility index (Phi) is 5.35. The van der Waals surface area contributed by atoms with Crippen LogP contribution in [0.3, 0.4) is 0 Å². The smallest absolute Gasteiger partial charge is 0.224 e. The second kappa shape index (κ2) is 7.68. The fourth-order valence-electron chi connectivity index (χ4n) is 3.05. The predicted molar refractivity (Wildman–Crippen MR) is 104 cm³/mol. The van der Waals surface area contributed by atoms with Crippen LogP contribution in [-0.4, -0.2) is 20.7 Å². The molecule has 0 spiro atoms. The van der Waals surface area contributed by atoms with Crippen molar-refractivity contribution in [1.29, 1.82) is 0 Å². The first-order valence-corrected chi connectivity index (χ1v) is 9.17. The van der Waals surface area contributed by atoms with Crippen LogP contribution < -0.4 is 5.32 Å². The van der Waals surface area contributed by atoms with Gasteiger partial charge >= 0.3 is 0 Å². The van der Waals surface area contributed by atoms with Crippen molar-refractivity contribution in [2.45, 2.75) is 52.6 Å². The third-order valence-corrected chi connectivity index (χ3v) is 4.68. The molecule has 0 aliphatic rings. The Morgan fingerprint density at radius 3 is 2.54 bits per heavy atom. The fraction of sp³-hybridized carbons (Fsp3) is 0.381. The number of hydrogen-bond donors (Lipinski definition) is 1. The molecule has 3 rings (SSSR count). The standard InChI is InChI=1S/C21H26N4O/c1-5-25-20-13-22-19(11-18(20)12-23-25)15(4)24-21(26)10-16-6-8-17(9-7-16)14(2)3/h6-9,11-15H,5,10H2,1-4H3,(H,24,26)/t15-/m1/s1. The van der Waals surface area contributed by atoms with E-state index >= 15 is 0 Å². The zero-order chi connectivity index (χ0) is 18.7. The minimum atomic E-state index is -0.146. The first-order valence-electron chi connectivity index (χ1n) is 9.17. The maximum absolute atomic E-state index is 12.4. The molecule has 1 amide bonds. The molecule has 1 N–H and O–H groups in total. The number of rotatable bonds is 6. The van der Waals surface area contributed by atoms with Crippen LogP contribution in [0.2, 0.25) is 0 Å². The van der Waals surface area contributed by atoms with E-state index in [0.29, 0.717) is 12.3 Å². The number of aryl methyl sites for hydroxylation is 1. The van der Waals surface area contributed by atoms with Gasteiger partial charge in [-0.05, 0) is 37.0 Å². The molecule has 0 aliphatic carbocycles. The van der Waals surface area contributed by atoms with E-state index in [2.05, 4.69) is 48.3 Å². The average molecular weight is 350 g/mol. The Hall–Kier alpha value is -2.69. The molecular weight excluding hydrogens is 324 g/mol. The Bertz CT molecular complexity index is 896. The maximum Gasteiger partial charge on any atom is 0.224 e. The van der Waals surface area contributed by atoms with E-state index < -0.39 is 0 Å². The molecule has 26 heavy (non-hydrogen) atoms. The lowest BCUT2D eigenvalue weighted by atomic mass is 10.0. The normalized spacial score (nSPS) is 12.5. The number of carbonyl (C=O) groups is 1. The maximum atomic E-state index is 12.4. The van der Waals surface area contributed by atoms with E-state index in [0.717, 1.165) is 28.7 Å². The highest BCUT2D eigenvalue weighted by molar-refractivity contribution is 5.80. The first-order chi connectivity index (χ1) is 12.5. The second-order valence-corrected chi connectivity index (χ2v) is 6.99. The summed E-state index contributed by atoms with van der Waals surface area (Å²) in [6, 6.07) is 10.1. The number of nitrogens with zero attached hydrogens (tertiary/aromatic N) is 3. The molecule has 0 radical (unpaired) electrons. The molecular formula is C21H26N4O. The van der Waals surface area contributed by atoms with Crippen LogP contribution in [0.25, 0.3) is 10.9 Å². The van der Waals surface area contributed by atoms with Crippen molar-refractivity contribution in [2.24, 2.45) is 0 Å². The average Bonchev–Trinajstić information content (AvgIpc) is 3.04. The van der Waals surface area contributed by atoms with Crippen molar-refractivity contribution in [3.63, 3.8) is 0 Å². The second-order valence-electron chi connectivity index (χ2n) is 6.99. The zero-order valence-corrected chi connectivity index (χ0v) is 15.9. The molecule has 3 aromatic rings.